The molecule has 0 heterocycles. The molecule has 0 atom stereocenters. The fraction of sp³-hybridized carbons (Fsp3) is 0. The topological polar surface area (TPSA) is 43.1 Å². The molecule has 0 spiro atoms. The van der Waals surface area contributed by atoms with Crippen LogP contribution in [-0.2, 0) is 0 Å². The molecule has 0 aliphatic heterocycles. The van der Waals surface area contributed by atoms with Gasteiger partial charge in [-0.15, -0.1) is 6.42 Å². The van der Waals surface area contributed by atoms with Crippen molar-refractivity contribution in [3.63, 3.8) is 0 Å². The zero-order valence-corrected chi connectivity index (χ0v) is 7.54. The lowest BCUT2D eigenvalue weighted by Crippen LogP contribution is -1.88. The van der Waals surface area contributed by atoms with Crippen molar-refractivity contribution in [1.82, 2.24) is 0 Å². The summed E-state index contributed by atoms with van der Waals surface area (Å²) in [5.41, 5.74) is 0.494. The fourth-order valence-corrected chi connectivity index (χ4v) is 1.24. The van der Waals surface area contributed by atoms with Gasteiger partial charge in [0.2, 0.25) is 0 Å². The zero-order chi connectivity index (χ0) is 9.14. The van der Waals surface area contributed by atoms with Crippen molar-refractivity contribution in [2.45, 2.75) is 0 Å². The van der Waals surface area contributed by atoms with Gasteiger partial charge in [0.15, 0.2) is 0 Å². The minimum Gasteiger partial charge on any atom is -0.258 e. The molecule has 0 aliphatic carbocycles. The Bertz CT molecular complexity index is 368. The van der Waals surface area contributed by atoms with Crippen LogP contribution in [0.5, 0.6) is 0 Å². The predicted molar refractivity (Wildman–Crippen MR) is 48.7 cm³/mol. The van der Waals surface area contributed by atoms with E-state index >= 15 is 0 Å². The van der Waals surface area contributed by atoms with Crippen molar-refractivity contribution in [2.75, 3.05) is 0 Å². The highest BCUT2D eigenvalue weighted by Crippen LogP contribution is 2.20. The molecule has 4 heteroatoms. The summed E-state index contributed by atoms with van der Waals surface area (Å²) in [5, 5.41) is 10.3. The zero-order valence-electron chi connectivity index (χ0n) is 5.95. The predicted octanol–water partition coefficient (Wildman–Crippen LogP) is 2.34. The van der Waals surface area contributed by atoms with Crippen LogP contribution in [-0.4, -0.2) is 4.92 Å². The van der Waals surface area contributed by atoms with Gasteiger partial charge in [0, 0.05) is 22.2 Å². The molecular weight excluding hydrogens is 222 g/mol. The van der Waals surface area contributed by atoms with E-state index in [4.69, 9.17) is 6.42 Å². The Hall–Kier alpha value is -1.34. The van der Waals surface area contributed by atoms with Crippen LogP contribution >= 0.6 is 15.9 Å². The van der Waals surface area contributed by atoms with E-state index in [2.05, 4.69) is 21.9 Å². The Morgan fingerprint density at radius 3 is 2.67 bits per heavy atom. The third-order valence-corrected chi connectivity index (χ3v) is 1.72. The normalized spacial score (nSPS) is 9.00. The molecule has 1 rings (SSSR count). The third kappa shape index (κ3) is 1.83. The Morgan fingerprint density at radius 2 is 2.17 bits per heavy atom. The molecule has 0 saturated heterocycles. The van der Waals surface area contributed by atoms with E-state index in [9.17, 15) is 10.1 Å². The maximum absolute atomic E-state index is 10.3. The standard InChI is InChI=1S/C8H4BrNO2/c1-2-6-3-7(9)5-8(4-6)10(11)12/h1,3-5H. The van der Waals surface area contributed by atoms with Crippen molar-refractivity contribution in [3.8, 4) is 12.3 Å². The van der Waals surface area contributed by atoms with Gasteiger partial charge in [0.25, 0.3) is 5.69 Å². The summed E-state index contributed by atoms with van der Waals surface area (Å²) < 4.78 is 0.615. The Kier molecular flexibility index (Phi) is 2.46. The first-order valence-electron chi connectivity index (χ1n) is 3.05. The molecule has 0 saturated carbocycles. The Balaban J connectivity index is 3.26. The number of nitro benzene ring substituents is 1. The van der Waals surface area contributed by atoms with Gasteiger partial charge in [-0.2, -0.15) is 0 Å². The molecule has 0 radical (unpaired) electrons. The summed E-state index contributed by atoms with van der Waals surface area (Å²) in [4.78, 5) is 9.86. The van der Waals surface area contributed by atoms with E-state index in [0.29, 0.717) is 10.0 Å². The van der Waals surface area contributed by atoms with Crippen molar-refractivity contribution in [1.29, 1.82) is 0 Å². The maximum Gasteiger partial charge on any atom is 0.271 e. The highest BCUT2D eigenvalue weighted by atomic mass is 79.9. The molecule has 60 valence electrons. The largest absolute Gasteiger partial charge is 0.271 e. The summed E-state index contributed by atoms with van der Waals surface area (Å²) >= 11 is 3.12. The molecule has 0 unspecified atom stereocenters. The third-order valence-electron chi connectivity index (χ3n) is 1.26. The lowest BCUT2D eigenvalue weighted by molar-refractivity contribution is -0.384. The molecule has 0 N–H and O–H groups in total. The highest BCUT2D eigenvalue weighted by molar-refractivity contribution is 9.10. The first-order valence-corrected chi connectivity index (χ1v) is 3.84. The highest BCUT2D eigenvalue weighted by Gasteiger charge is 2.06. The average molecular weight is 226 g/mol. The molecule has 0 fully saturated rings. The van der Waals surface area contributed by atoms with Crippen LogP contribution in [0.15, 0.2) is 22.7 Å². The second-order valence-electron chi connectivity index (χ2n) is 2.10. The molecule has 0 amide bonds. The second-order valence-corrected chi connectivity index (χ2v) is 3.02. The number of hydrogen-bond acceptors (Lipinski definition) is 2. The van der Waals surface area contributed by atoms with Crippen LogP contribution in [0.25, 0.3) is 0 Å². The number of nitro groups is 1. The molecule has 1 aromatic rings. The molecule has 1 aromatic carbocycles. The number of halogens is 1. The summed E-state index contributed by atoms with van der Waals surface area (Å²) in [6.45, 7) is 0. The first-order chi connectivity index (χ1) is 5.63. The van der Waals surface area contributed by atoms with Crippen molar-refractivity contribution in [2.24, 2.45) is 0 Å². The smallest absolute Gasteiger partial charge is 0.258 e. The van der Waals surface area contributed by atoms with E-state index in [0.717, 1.165) is 0 Å². The number of non-ortho nitro benzene ring substituents is 1. The number of rotatable bonds is 1. The lowest BCUT2D eigenvalue weighted by atomic mass is 10.2. The van der Waals surface area contributed by atoms with Crippen molar-refractivity contribution >= 4 is 21.6 Å². The lowest BCUT2D eigenvalue weighted by Gasteiger charge is -1.94. The molecule has 0 bridgehead atoms. The van der Waals surface area contributed by atoms with E-state index in [1.807, 2.05) is 0 Å². The van der Waals surface area contributed by atoms with Gasteiger partial charge < -0.3 is 0 Å². The number of nitrogens with zero attached hydrogens (tertiary/aromatic N) is 1. The minimum atomic E-state index is -0.481. The van der Waals surface area contributed by atoms with Gasteiger partial charge in [0.05, 0.1) is 4.92 Å². The van der Waals surface area contributed by atoms with E-state index in [-0.39, 0.29) is 5.69 Å². The van der Waals surface area contributed by atoms with Crippen molar-refractivity contribution in [3.05, 3.63) is 38.3 Å². The molecule has 0 aliphatic rings. The van der Waals surface area contributed by atoms with E-state index < -0.39 is 4.92 Å². The number of benzene rings is 1. The average Bonchev–Trinajstić information content (AvgIpc) is 2.03. The molecule has 3 nitrogen and oxygen atoms in total. The minimum absolute atomic E-state index is 0.00248. The van der Waals surface area contributed by atoms with Gasteiger partial charge >= 0.3 is 0 Å². The van der Waals surface area contributed by atoms with E-state index in [1.54, 1.807) is 6.07 Å². The molecular formula is C8H4BrNO2. The summed E-state index contributed by atoms with van der Waals surface area (Å²) in [5.74, 6) is 2.33. The monoisotopic (exact) mass is 225 g/mol. The maximum atomic E-state index is 10.3. The quantitative estimate of drug-likeness (QED) is 0.419. The number of hydrogen-bond donors (Lipinski definition) is 0. The van der Waals surface area contributed by atoms with Gasteiger partial charge in [-0.3, -0.25) is 10.1 Å². The van der Waals surface area contributed by atoms with Crippen LogP contribution in [0.4, 0.5) is 5.69 Å². The van der Waals surface area contributed by atoms with Gasteiger partial charge in [0.1, 0.15) is 0 Å². The first kappa shape index (κ1) is 8.75. The van der Waals surface area contributed by atoms with Gasteiger partial charge in [-0.05, 0) is 6.07 Å². The summed E-state index contributed by atoms with van der Waals surface area (Å²) in [6, 6.07) is 4.40. The molecule has 12 heavy (non-hydrogen) atoms. The number of terminal acetylenes is 1. The van der Waals surface area contributed by atoms with E-state index in [1.165, 1.54) is 12.1 Å². The van der Waals surface area contributed by atoms with Crippen molar-refractivity contribution < 1.29 is 4.92 Å². The van der Waals surface area contributed by atoms with Crippen LogP contribution in [0.1, 0.15) is 5.56 Å². The van der Waals surface area contributed by atoms with Gasteiger partial charge in [-0.1, -0.05) is 21.9 Å². The van der Waals surface area contributed by atoms with Crippen LogP contribution in [0.3, 0.4) is 0 Å². The summed E-state index contributed by atoms with van der Waals surface area (Å²) in [7, 11) is 0. The van der Waals surface area contributed by atoms with Gasteiger partial charge in [-0.25, -0.2) is 0 Å². The summed E-state index contributed by atoms with van der Waals surface area (Å²) in [6.07, 6.45) is 5.09. The molecule has 0 aromatic heterocycles. The van der Waals surface area contributed by atoms with Crippen LogP contribution < -0.4 is 0 Å². The fourth-order valence-electron chi connectivity index (χ4n) is 0.763. The Labute approximate surface area is 77.7 Å². The Morgan fingerprint density at radius 1 is 1.50 bits per heavy atom. The van der Waals surface area contributed by atoms with Crippen LogP contribution in [0.2, 0.25) is 0 Å². The second kappa shape index (κ2) is 3.37. The SMILES string of the molecule is C#Cc1cc(Br)cc([N+](=O)[O-])c1. The van der Waals surface area contributed by atoms with Crippen LogP contribution in [0, 0.1) is 22.5 Å².